The van der Waals surface area contributed by atoms with Crippen LogP contribution in [0.1, 0.15) is 10.4 Å². The van der Waals surface area contributed by atoms with Gasteiger partial charge in [-0.1, -0.05) is 42.5 Å². The molecule has 0 bridgehead atoms. The summed E-state index contributed by atoms with van der Waals surface area (Å²) >= 11 is 0. The van der Waals surface area contributed by atoms with Crippen LogP contribution in [-0.4, -0.2) is 22.4 Å². The van der Waals surface area contributed by atoms with Gasteiger partial charge in [-0.3, -0.25) is 20.2 Å². The van der Waals surface area contributed by atoms with Crippen molar-refractivity contribution in [3.8, 4) is 0 Å². The van der Waals surface area contributed by atoms with E-state index in [9.17, 15) is 25.0 Å². The van der Waals surface area contributed by atoms with Gasteiger partial charge in [-0.25, -0.2) is 4.79 Å². The second-order valence-corrected chi connectivity index (χ2v) is 4.70. The van der Waals surface area contributed by atoms with Crippen LogP contribution in [0, 0.1) is 20.2 Å². The van der Waals surface area contributed by atoms with E-state index < -0.39 is 27.2 Å². The van der Waals surface area contributed by atoms with E-state index in [0.717, 1.165) is 18.2 Å². The predicted molar refractivity (Wildman–Crippen MR) is 85.5 cm³/mol. The van der Waals surface area contributed by atoms with E-state index in [1.807, 2.05) is 6.08 Å². The average Bonchev–Trinajstić information content (AvgIpc) is 2.53. The number of carbonyl (C=O) groups is 1. The Hall–Kier alpha value is -3.55. The normalized spacial score (nSPS) is 19.1. The van der Waals surface area contributed by atoms with Crippen molar-refractivity contribution in [2.45, 2.75) is 0 Å². The Labute approximate surface area is 136 Å². The lowest BCUT2D eigenvalue weighted by Crippen LogP contribution is -2.08. The number of non-ortho nitro benzene ring substituents is 2. The minimum atomic E-state index is -0.877. The molecular weight excluding hydrogens is 316 g/mol. The van der Waals surface area contributed by atoms with Gasteiger partial charge in [0.05, 0.1) is 21.5 Å². The molecule has 0 aliphatic heterocycles. The van der Waals surface area contributed by atoms with Gasteiger partial charge in [-0.2, -0.15) is 0 Å². The highest BCUT2D eigenvalue weighted by molar-refractivity contribution is 5.91. The van der Waals surface area contributed by atoms with Gasteiger partial charge in [0, 0.05) is 12.1 Å². The van der Waals surface area contributed by atoms with Gasteiger partial charge in [0.2, 0.25) is 0 Å². The van der Waals surface area contributed by atoms with Gasteiger partial charge >= 0.3 is 5.97 Å². The number of carbonyl (C=O) groups excluding carboxylic acids is 1. The molecular formula is C16H12N2O6. The molecule has 1 aromatic rings. The van der Waals surface area contributed by atoms with Gasteiger partial charge in [-0.05, 0) is 5.57 Å². The zero-order chi connectivity index (χ0) is 17.5. The summed E-state index contributed by atoms with van der Waals surface area (Å²) in [6.45, 7) is -0.0655. The maximum absolute atomic E-state index is 12.0. The zero-order valence-electron chi connectivity index (χ0n) is 12.3. The lowest BCUT2D eigenvalue weighted by molar-refractivity contribution is -0.394. The van der Waals surface area contributed by atoms with E-state index in [4.69, 9.17) is 4.74 Å². The van der Waals surface area contributed by atoms with Gasteiger partial charge < -0.3 is 4.74 Å². The van der Waals surface area contributed by atoms with Crippen LogP contribution in [-0.2, 0) is 4.74 Å². The molecule has 0 spiro atoms. The number of rotatable bonds is 5. The predicted octanol–water partition coefficient (Wildman–Crippen LogP) is 3.27. The van der Waals surface area contributed by atoms with Crippen molar-refractivity contribution < 1.29 is 19.4 Å². The van der Waals surface area contributed by atoms with Crippen molar-refractivity contribution in [2.24, 2.45) is 0 Å². The third-order valence-electron chi connectivity index (χ3n) is 2.99. The maximum Gasteiger partial charge on any atom is 0.338 e. The van der Waals surface area contributed by atoms with Gasteiger partial charge in [0.25, 0.3) is 11.4 Å². The second kappa shape index (κ2) is 7.63. The lowest BCUT2D eigenvalue weighted by Gasteiger charge is -2.06. The standard InChI is InChI=1S/C16H12N2O6/c19-16(24-11-12-6-4-2-1-3-5-7-12)13-8-14(17(20)21)10-15(9-13)18(22)23/h1-10H,11H2/b2-1-,3-1?,4-2?,5-3-,6-4-,7-5?,12-6?,12-7+. The smallest absolute Gasteiger partial charge is 0.338 e. The third-order valence-corrected chi connectivity index (χ3v) is 2.99. The number of hydrogen-bond acceptors (Lipinski definition) is 6. The minimum Gasteiger partial charge on any atom is -0.457 e. The van der Waals surface area contributed by atoms with E-state index in [1.54, 1.807) is 36.5 Å². The van der Waals surface area contributed by atoms with Crippen molar-refractivity contribution in [3.63, 3.8) is 0 Å². The van der Waals surface area contributed by atoms with Crippen molar-refractivity contribution >= 4 is 17.3 Å². The van der Waals surface area contributed by atoms with Crippen LogP contribution in [0.15, 0.2) is 66.3 Å². The third kappa shape index (κ3) is 4.47. The van der Waals surface area contributed by atoms with Crippen molar-refractivity contribution in [3.05, 3.63) is 92.1 Å². The fourth-order valence-corrected chi connectivity index (χ4v) is 1.86. The molecule has 1 aromatic carbocycles. The average molecular weight is 328 g/mol. The van der Waals surface area contributed by atoms with Crippen LogP contribution >= 0.6 is 0 Å². The summed E-state index contributed by atoms with van der Waals surface area (Å²) in [5, 5.41) is 21.7. The zero-order valence-corrected chi connectivity index (χ0v) is 12.3. The number of benzene rings is 1. The highest BCUT2D eigenvalue weighted by Crippen LogP contribution is 2.23. The Kier molecular flexibility index (Phi) is 5.35. The largest absolute Gasteiger partial charge is 0.457 e. The van der Waals surface area contributed by atoms with Crippen molar-refractivity contribution in [2.75, 3.05) is 6.61 Å². The summed E-state index contributed by atoms with van der Waals surface area (Å²) in [5.74, 6) is -0.877. The molecule has 2 rings (SSSR count). The van der Waals surface area contributed by atoms with Crippen LogP contribution in [0.3, 0.4) is 0 Å². The summed E-state index contributed by atoms with van der Waals surface area (Å²) in [5.41, 5.74) is -0.644. The first kappa shape index (κ1) is 16.8. The fraction of sp³-hybridized carbons (Fsp3) is 0.0625. The van der Waals surface area contributed by atoms with E-state index >= 15 is 0 Å². The van der Waals surface area contributed by atoms with Crippen LogP contribution in [0.4, 0.5) is 11.4 Å². The van der Waals surface area contributed by atoms with Gasteiger partial charge in [-0.15, -0.1) is 0 Å². The van der Waals surface area contributed by atoms with E-state index in [2.05, 4.69) is 0 Å². The van der Waals surface area contributed by atoms with Gasteiger partial charge in [0.15, 0.2) is 0 Å². The van der Waals surface area contributed by atoms with E-state index in [0.29, 0.717) is 5.57 Å². The number of ether oxygens (including phenoxy) is 1. The number of nitro groups is 2. The molecule has 0 saturated heterocycles. The second-order valence-electron chi connectivity index (χ2n) is 4.70. The summed E-state index contributed by atoms with van der Waals surface area (Å²) in [6.07, 6.45) is 12.4. The number of allylic oxidation sites excluding steroid dienone is 6. The molecule has 0 heterocycles. The quantitative estimate of drug-likeness (QED) is 0.465. The molecule has 0 aromatic heterocycles. The SMILES string of the molecule is O=C(OCC1=C/C=C\C=C/C=C\1)c1cc([N+](=O)[O-])cc([N+](=O)[O-])c1. The van der Waals surface area contributed by atoms with Crippen LogP contribution in [0.25, 0.3) is 0 Å². The monoisotopic (exact) mass is 328 g/mol. The molecule has 8 heteroatoms. The number of nitro benzene ring substituents is 2. The first-order valence-electron chi connectivity index (χ1n) is 6.79. The molecule has 24 heavy (non-hydrogen) atoms. The Balaban J connectivity index is 2.17. The summed E-state index contributed by atoms with van der Waals surface area (Å²) in [6, 6.07) is 2.68. The highest BCUT2D eigenvalue weighted by atomic mass is 16.6. The molecule has 1 aliphatic rings. The molecule has 0 N–H and O–H groups in total. The Morgan fingerprint density at radius 3 is 2.12 bits per heavy atom. The minimum absolute atomic E-state index is 0.0655. The number of esters is 1. The molecule has 0 unspecified atom stereocenters. The van der Waals surface area contributed by atoms with E-state index in [-0.39, 0.29) is 12.2 Å². The summed E-state index contributed by atoms with van der Waals surface area (Å²) in [4.78, 5) is 32.1. The lowest BCUT2D eigenvalue weighted by atomic mass is 10.1. The Morgan fingerprint density at radius 1 is 0.917 bits per heavy atom. The van der Waals surface area contributed by atoms with Crippen LogP contribution < -0.4 is 0 Å². The number of hydrogen-bond donors (Lipinski definition) is 0. The van der Waals surface area contributed by atoms with Crippen LogP contribution in [0.5, 0.6) is 0 Å². The highest BCUT2D eigenvalue weighted by Gasteiger charge is 2.20. The Bertz CT molecular complexity index is 773. The summed E-state index contributed by atoms with van der Waals surface area (Å²) < 4.78 is 5.07. The van der Waals surface area contributed by atoms with Gasteiger partial charge in [0.1, 0.15) is 6.61 Å². The fourth-order valence-electron chi connectivity index (χ4n) is 1.86. The molecule has 8 nitrogen and oxygen atoms in total. The molecule has 0 atom stereocenters. The number of nitrogens with zero attached hydrogens (tertiary/aromatic N) is 2. The molecule has 0 fully saturated rings. The summed E-state index contributed by atoms with van der Waals surface area (Å²) in [7, 11) is 0. The first-order chi connectivity index (χ1) is 11.5. The van der Waals surface area contributed by atoms with E-state index in [1.165, 1.54) is 0 Å². The molecule has 0 saturated carbocycles. The molecule has 122 valence electrons. The first-order valence-corrected chi connectivity index (χ1v) is 6.79. The topological polar surface area (TPSA) is 113 Å². The molecule has 0 amide bonds. The van der Waals surface area contributed by atoms with Crippen molar-refractivity contribution in [1.82, 2.24) is 0 Å². The Morgan fingerprint density at radius 2 is 1.50 bits per heavy atom. The maximum atomic E-state index is 12.0. The molecule has 1 aliphatic carbocycles. The van der Waals surface area contributed by atoms with Crippen molar-refractivity contribution in [1.29, 1.82) is 0 Å². The molecule has 0 radical (unpaired) electrons. The van der Waals surface area contributed by atoms with Crippen LogP contribution in [0.2, 0.25) is 0 Å².